The largest absolute Gasteiger partial charge is 0.453 e. The molecule has 2 aliphatic heterocycles. The Hall–Kier alpha value is -5.39. The van der Waals surface area contributed by atoms with E-state index in [2.05, 4.69) is 63.8 Å². The van der Waals surface area contributed by atoms with Gasteiger partial charge in [-0.2, -0.15) is 0 Å². The summed E-state index contributed by atoms with van der Waals surface area (Å²) in [5.41, 5.74) is 8.14. The van der Waals surface area contributed by atoms with Crippen LogP contribution in [0.15, 0.2) is 48.5 Å². The maximum Gasteiger partial charge on any atom is 0.411 e. The van der Waals surface area contributed by atoms with Crippen LogP contribution in [-0.2, 0) is 27.1 Å². The van der Waals surface area contributed by atoms with Gasteiger partial charge >= 0.3 is 12.2 Å². The molecular formula is C44H51N7O5. The number of carbonyl (C=O) groups excluding carboxylic acids is 3. The number of aromatic nitrogens is 4. The van der Waals surface area contributed by atoms with E-state index >= 15 is 0 Å². The van der Waals surface area contributed by atoms with E-state index in [1.165, 1.54) is 18.2 Å². The monoisotopic (exact) mass is 757 g/mol. The summed E-state index contributed by atoms with van der Waals surface area (Å²) in [6.45, 7) is 10.2. The number of methoxy groups -OCH3 is 1. The predicted octanol–water partition coefficient (Wildman–Crippen LogP) is 8.38. The third-order valence-corrected chi connectivity index (χ3v) is 12.3. The number of alkyl carbamates (subject to hydrolysis) is 1. The second-order valence-corrected chi connectivity index (χ2v) is 17.4. The molecule has 2 bridgehead atoms. The fraction of sp³-hybridized carbons (Fsp3) is 0.477. The maximum absolute atomic E-state index is 13.7. The van der Waals surface area contributed by atoms with Crippen molar-refractivity contribution in [3.05, 3.63) is 71.4 Å². The second-order valence-electron chi connectivity index (χ2n) is 17.4. The summed E-state index contributed by atoms with van der Waals surface area (Å²) < 4.78 is 10.7. The van der Waals surface area contributed by atoms with Gasteiger partial charge in [-0.05, 0) is 112 Å². The van der Waals surface area contributed by atoms with Crippen LogP contribution >= 0.6 is 0 Å². The first kappa shape index (κ1) is 36.3. The smallest absolute Gasteiger partial charge is 0.411 e. The number of amides is 3. The molecule has 4 aliphatic rings. The maximum atomic E-state index is 13.7. The number of imidazole rings is 2. The van der Waals surface area contributed by atoms with E-state index in [9.17, 15) is 14.4 Å². The number of H-pyrrole nitrogens is 2. The lowest BCUT2D eigenvalue weighted by atomic mass is 9.89. The van der Waals surface area contributed by atoms with Crippen LogP contribution in [0.2, 0.25) is 0 Å². The summed E-state index contributed by atoms with van der Waals surface area (Å²) in [5, 5.41) is 4.87. The molecule has 1 saturated carbocycles. The fourth-order valence-electron chi connectivity index (χ4n) is 9.72. The molecule has 2 saturated heterocycles. The van der Waals surface area contributed by atoms with Crippen molar-refractivity contribution in [3.63, 3.8) is 0 Å². The molecule has 2 aliphatic carbocycles. The molecule has 0 radical (unpaired) electrons. The van der Waals surface area contributed by atoms with Crippen LogP contribution in [0.4, 0.5) is 9.59 Å². The van der Waals surface area contributed by atoms with Gasteiger partial charge in [0.05, 0.1) is 41.6 Å². The number of carbonyl (C=O) groups is 3. The molecule has 9 rings (SSSR count). The molecule has 12 nitrogen and oxygen atoms in total. The Kier molecular flexibility index (Phi) is 8.85. The topological polar surface area (TPSA) is 146 Å². The van der Waals surface area contributed by atoms with E-state index in [1.54, 1.807) is 0 Å². The van der Waals surface area contributed by atoms with Crippen LogP contribution < -0.4 is 5.32 Å². The Balaban J connectivity index is 0.969. The zero-order chi connectivity index (χ0) is 39.0. The predicted molar refractivity (Wildman–Crippen MR) is 214 cm³/mol. The normalized spacial score (nSPS) is 22.1. The molecule has 4 heterocycles. The average molecular weight is 758 g/mol. The van der Waals surface area contributed by atoms with Gasteiger partial charge in [-0.3, -0.25) is 9.69 Å². The first-order chi connectivity index (χ1) is 26.9. The number of piperidine rings is 1. The quantitative estimate of drug-likeness (QED) is 0.158. The van der Waals surface area contributed by atoms with Crippen molar-refractivity contribution in [3.8, 4) is 22.4 Å². The highest BCUT2D eigenvalue weighted by molar-refractivity contribution is 6.05. The van der Waals surface area contributed by atoms with Gasteiger partial charge in [0.25, 0.3) is 0 Å². The first-order valence-electron chi connectivity index (χ1n) is 20.2. The zero-order valence-corrected chi connectivity index (χ0v) is 33.1. The van der Waals surface area contributed by atoms with Crippen LogP contribution in [0.3, 0.4) is 0 Å². The van der Waals surface area contributed by atoms with Crippen molar-refractivity contribution in [2.45, 2.75) is 109 Å². The number of hydrogen-bond acceptors (Lipinski definition) is 7. The SMILES string of the molecule is COC(=O)N[C@H](C(=O)N1CCC[C@H]1c1nc2c(ccc3cc(-c4ccc5c(c4)CCc4nc(C6C7CCC(C7)N6C(=O)OC(C)(C)C)[nH]c4-5)ccc32)[nH]1)C(C)C. The summed E-state index contributed by atoms with van der Waals surface area (Å²) in [6.07, 6.45) is 5.68. The van der Waals surface area contributed by atoms with Gasteiger partial charge in [-0.25, -0.2) is 19.6 Å². The standard InChI is InChI=1S/C44H51N7O5/c1-23(2)35(49-42(53)55-6)41(52)50-19-7-8-34(50)39-45-32-17-12-26-20-24(10-15-30(26)36(32)47-39)25-11-16-31-27(21-25)13-18-33-37(31)48-40(46-33)38-28-9-14-29(22-28)51(38)43(54)56-44(3,4)5/h10-12,15-17,20-21,23,28-29,34-35,38H,7-9,13-14,18-19,22H2,1-6H3,(H,45,47)(H,46,48)(H,49,53)/t28?,29?,34-,35-,38?/m0/s1. The molecule has 5 aromatic rings. The number of rotatable bonds is 6. The number of aryl methyl sites for hydroxylation is 2. The molecule has 12 heteroatoms. The van der Waals surface area contributed by atoms with Crippen molar-refractivity contribution in [2.24, 2.45) is 11.8 Å². The molecule has 5 atom stereocenters. The van der Waals surface area contributed by atoms with Crippen LogP contribution in [0.5, 0.6) is 0 Å². The molecule has 3 aromatic carbocycles. The highest BCUT2D eigenvalue weighted by Gasteiger charge is 2.51. The van der Waals surface area contributed by atoms with Crippen molar-refractivity contribution in [1.82, 2.24) is 35.1 Å². The van der Waals surface area contributed by atoms with Crippen molar-refractivity contribution < 1.29 is 23.9 Å². The van der Waals surface area contributed by atoms with E-state index in [0.717, 1.165) is 101 Å². The number of nitrogens with zero attached hydrogens (tertiary/aromatic N) is 4. The Bertz CT molecular complexity index is 2370. The van der Waals surface area contributed by atoms with E-state index in [1.807, 2.05) is 44.4 Å². The average Bonchev–Trinajstić information content (AvgIpc) is 4.02. The summed E-state index contributed by atoms with van der Waals surface area (Å²) in [6, 6.07) is 16.7. The molecule has 3 amide bonds. The van der Waals surface area contributed by atoms with Crippen LogP contribution in [0.1, 0.15) is 102 Å². The van der Waals surface area contributed by atoms with Crippen LogP contribution in [-0.4, -0.2) is 79.2 Å². The van der Waals surface area contributed by atoms with Crippen molar-refractivity contribution >= 4 is 39.9 Å². The minimum Gasteiger partial charge on any atom is -0.453 e. The summed E-state index contributed by atoms with van der Waals surface area (Å²) in [7, 11) is 1.30. The zero-order valence-electron chi connectivity index (χ0n) is 33.1. The second kappa shape index (κ2) is 13.7. The Morgan fingerprint density at radius 1 is 0.929 bits per heavy atom. The van der Waals surface area contributed by atoms with Gasteiger partial charge in [0.2, 0.25) is 5.91 Å². The van der Waals surface area contributed by atoms with Gasteiger partial charge in [-0.1, -0.05) is 50.2 Å². The lowest BCUT2D eigenvalue weighted by Crippen LogP contribution is -2.51. The van der Waals surface area contributed by atoms with Gasteiger partial charge in [0.1, 0.15) is 23.3 Å². The molecule has 3 fully saturated rings. The summed E-state index contributed by atoms with van der Waals surface area (Å²) in [4.78, 5) is 60.4. The minimum atomic E-state index is -0.682. The molecule has 292 valence electrons. The molecule has 3 N–H and O–H groups in total. The number of hydrogen-bond donors (Lipinski definition) is 3. The van der Waals surface area contributed by atoms with Crippen LogP contribution in [0.25, 0.3) is 44.2 Å². The van der Waals surface area contributed by atoms with E-state index < -0.39 is 17.7 Å². The van der Waals surface area contributed by atoms with E-state index in [4.69, 9.17) is 19.4 Å². The summed E-state index contributed by atoms with van der Waals surface area (Å²) >= 11 is 0. The van der Waals surface area contributed by atoms with Crippen molar-refractivity contribution in [1.29, 1.82) is 0 Å². The van der Waals surface area contributed by atoms with Gasteiger partial charge in [-0.15, -0.1) is 0 Å². The number of ether oxygens (including phenoxy) is 2. The highest BCUT2D eigenvalue weighted by atomic mass is 16.6. The number of aromatic amines is 2. The number of likely N-dealkylation sites (tertiary alicyclic amines) is 2. The first-order valence-corrected chi connectivity index (χ1v) is 20.2. The lowest BCUT2D eigenvalue weighted by Gasteiger charge is -2.35. The fourth-order valence-corrected chi connectivity index (χ4v) is 9.72. The van der Waals surface area contributed by atoms with Crippen LogP contribution in [0, 0.1) is 11.8 Å². The number of benzene rings is 3. The van der Waals surface area contributed by atoms with E-state index in [0.29, 0.717) is 12.5 Å². The number of fused-ring (bicyclic) bond motifs is 8. The summed E-state index contributed by atoms with van der Waals surface area (Å²) in [5.74, 6) is 1.82. The minimum absolute atomic E-state index is 0.0845. The lowest BCUT2D eigenvalue weighted by molar-refractivity contribution is -0.135. The molecular weight excluding hydrogens is 707 g/mol. The Morgan fingerprint density at radius 3 is 2.52 bits per heavy atom. The molecule has 2 aromatic heterocycles. The third-order valence-electron chi connectivity index (χ3n) is 12.3. The van der Waals surface area contributed by atoms with Gasteiger partial charge in [0, 0.05) is 23.5 Å². The molecule has 56 heavy (non-hydrogen) atoms. The Morgan fingerprint density at radius 2 is 1.73 bits per heavy atom. The Labute approximate surface area is 326 Å². The van der Waals surface area contributed by atoms with E-state index in [-0.39, 0.29) is 36.0 Å². The highest BCUT2D eigenvalue weighted by Crippen LogP contribution is 2.51. The third kappa shape index (κ3) is 6.27. The van der Waals surface area contributed by atoms with Crippen molar-refractivity contribution in [2.75, 3.05) is 13.7 Å². The molecule has 0 spiro atoms. The number of nitrogens with one attached hydrogen (secondary N) is 3. The van der Waals surface area contributed by atoms with Gasteiger partial charge < -0.3 is 29.7 Å². The van der Waals surface area contributed by atoms with Gasteiger partial charge in [0.15, 0.2) is 0 Å². The molecule has 3 unspecified atom stereocenters.